The molecule has 2 heteroatoms. The number of hydrogen-bond acceptors (Lipinski definition) is 2. The number of nitrogen functional groups attached to an aromatic ring is 1. The zero-order valence-electron chi connectivity index (χ0n) is 8.33. The van der Waals surface area contributed by atoms with Gasteiger partial charge in [-0.3, -0.25) is 4.99 Å². The van der Waals surface area contributed by atoms with Crippen LogP contribution >= 0.6 is 0 Å². The minimum atomic E-state index is 0.830. The lowest BCUT2D eigenvalue weighted by Gasteiger charge is -2.12. The third-order valence-corrected chi connectivity index (χ3v) is 2.49. The molecule has 0 saturated carbocycles. The summed E-state index contributed by atoms with van der Waals surface area (Å²) in [5.41, 5.74) is 10.4. The summed E-state index contributed by atoms with van der Waals surface area (Å²) in [6.45, 7) is 2.99. The molecule has 0 atom stereocenters. The van der Waals surface area contributed by atoms with Crippen molar-refractivity contribution in [1.82, 2.24) is 0 Å². The van der Waals surface area contributed by atoms with E-state index in [1.165, 1.54) is 16.7 Å². The molecule has 0 fully saturated rings. The van der Waals surface area contributed by atoms with Gasteiger partial charge in [0.05, 0.1) is 0 Å². The highest BCUT2D eigenvalue weighted by Gasteiger charge is 2.06. The van der Waals surface area contributed by atoms with Gasteiger partial charge in [-0.1, -0.05) is 6.07 Å². The Kier molecular flexibility index (Phi) is 2.35. The highest BCUT2D eigenvalue weighted by atomic mass is 14.7. The predicted octanol–water partition coefficient (Wildman–Crippen LogP) is 2.44. The van der Waals surface area contributed by atoms with Crippen molar-refractivity contribution in [2.75, 3.05) is 12.3 Å². The Balaban J connectivity index is 2.41. The fourth-order valence-electron chi connectivity index (χ4n) is 1.76. The molecule has 2 rings (SSSR count). The predicted molar refractivity (Wildman–Crippen MR) is 61.5 cm³/mol. The molecule has 0 radical (unpaired) electrons. The van der Waals surface area contributed by atoms with Crippen molar-refractivity contribution < 1.29 is 0 Å². The van der Waals surface area contributed by atoms with E-state index in [2.05, 4.69) is 24.1 Å². The van der Waals surface area contributed by atoms with Crippen molar-refractivity contribution in [2.24, 2.45) is 4.99 Å². The lowest BCUT2D eigenvalue weighted by molar-refractivity contribution is 1.01. The third kappa shape index (κ3) is 1.69. The van der Waals surface area contributed by atoms with Crippen LogP contribution in [0.4, 0.5) is 5.69 Å². The van der Waals surface area contributed by atoms with E-state index in [0.717, 1.165) is 18.7 Å². The van der Waals surface area contributed by atoms with Crippen molar-refractivity contribution >= 4 is 17.5 Å². The number of nitrogens with zero attached hydrogens (tertiary/aromatic N) is 1. The number of dihydropyridines is 1. The number of benzene rings is 1. The molecule has 14 heavy (non-hydrogen) atoms. The zero-order chi connectivity index (χ0) is 9.97. The van der Waals surface area contributed by atoms with Gasteiger partial charge in [-0.05, 0) is 48.3 Å². The van der Waals surface area contributed by atoms with E-state index in [1.54, 1.807) is 0 Å². The van der Waals surface area contributed by atoms with Gasteiger partial charge in [0.25, 0.3) is 0 Å². The molecule has 2 N–H and O–H groups in total. The molecule has 0 aromatic heterocycles. The topological polar surface area (TPSA) is 38.4 Å². The van der Waals surface area contributed by atoms with Crippen molar-refractivity contribution in [2.45, 2.75) is 13.3 Å². The van der Waals surface area contributed by atoms with Gasteiger partial charge >= 0.3 is 0 Å². The molecular weight excluding hydrogens is 172 g/mol. The minimum Gasteiger partial charge on any atom is -0.399 e. The van der Waals surface area contributed by atoms with Gasteiger partial charge in [0, 0.05) is 18.4 Å². The van der Waals surface area contributed by atoms with Crippen molar-refractivity contribution in [3.63, 3.8) is 0 Å². The Labute approximate surface area is 84.2 Å². The monoisotopic (exact) mass is 186 g/mol. The van der Waals surface area contributed by atoms with Crippen LogP contribution in [0.3, 0.4) is 0 Å². The summed E-state index contributed by atoms with van der Waals surface area (Å²) in [7, 11) is 0. The molecule has 0 saturated heterocycles. The first kappa shape index (κ1) is 9.00. The van der Waals surface area contributed by atoms with Gasteiger partial charge in [0.1, 0.15) is 0 Å². The second-order valence-corrected chi connectivity index (χ2v) is 3.57. The van der Waals surface area contributed by atoms with Crippen LogP contribution < -0.4 is 5.73 Å². The van der Waals surface area contributed by atoms with Crippen molar-refractivity contribution in [1.29, 1.82) is 0 Å². The van der Waals surface area contributed by atoms with E-state index >= 15 is 0 Å². The molecule has 2 nitrogen and oxygen atoms in total. The second-order valence-electron chi connectivity index (χ2n) is 3.57. The van der Waals surface area contributed by atoms with Crippen molar-refractivity contribution in [3.8, 4) is 0 Å². The molecule has 1 aromatic carbocycles. The van der Waals surface area contributed by atoms with Crippen LogP contribution in [-0.2, 0) is 0 Å². The van der Waals surface area contributed by atoms with Crippen LogP contribution in [0.2, 0.25) is 0 Å². The highest BCUT2D eigenvalue weighted by molar-refractivity contribution is 5.87. The number of allylic oxidation sites excluding steroid dienone is 1. The van der Waals surface area contributed by atoms with E-state index in [1.807, 2.05) is 18.3 Å². The SMILES string of the molecule is Cc1cc(N)ccc1C1=CC=NCC1. The first-order chi connectivity index (χ1) is 6.77. The summed E-state index contributed by atoms with van der Waals surface area (Å²) in [4.78, 5) is 4.17. The maximum Gasteiger partial charge on any atom is 0.0429 e. The van der Waals surface area contributed by atoms with E-state index in [-0.39, 0.29) is 0 Å². The fourth-order valence-corrected chi connectivity index (χ4v) is 1.76. The normalized spacial score (nSPS) is 15.4. The first-order valence-electron chi connectivity index (χ1n) is 4.83. The number of nitrogens with two attached hydrogens (primary N) is 1. The largest absolute Gasteiger partial charge is 0.399 e. The molecule has 1 heterocycles. The van der Waals surface area contributed by atoms with Crippen LogP contribution in [0.15, 0.2) is 29.3 Å². The van der Waals surface area contributed by atoms with Crippen LogP contribution in [-0.4, -0.2) is 12.8 Å². The van der Waals surface area contributed by atoms with Crippen LogP contribution in [0.25, 0.3) is 5.57 Å². The fraction of sp³-hybridized carbons (Fsp3) is 0.250. The summed E-state index contributed by atoms with van der Waals surface area (Å²) >= 11 is 0. The van der Waals surface area contributed by atoms with Gasteiger partial charge in [0.2, 0.25) is 0 Å². The number of aliphatic imine (C=N–C) groups is 1. The average Bonchev–Trinajstić information content (AvgIpc) is 2.19. The Hall–Kier alpha value is -1.57. The highest BCUT2D eigenvalue weighted by Crippen LogP contribution is 2.24. The molecule has 1 aliphatic heterocycles. The Morgan fingerprint density at radius 3 is 2.86 bits per heavy atom. The molecule has 1 aromatic rings. The van der Waals surface area contributed by atoms with Crippen LogP contribution in [0, 0.1) is 6.92 Å². The van der Waals surface area contributed by atoms with Gasteiger partial charge in [0.15, 0.2) is 0 Å². The molecule has 0 aliphatic carbocycles. The van der Waals surface area contributed by atoms with Crippen molar-refractivity contribution in [3.05, 3.63) is 35.4 Å². The molecule has 0 bridgehead atoms. The molecule has 1 aliphatic rings. The maximum absolute atomic E-state index is 5.71. The zero-order valence-corrected chi connectivity index (χ0v) is 8.33. The summed E-state index contributed by atoms with van der Waals surface area (Å²) in [6.07, 6.45) is 5.00. The Morgan fingerprint density at radius 2 is 2.21 bits per heavy atom. The Bertz CT molecular complexity index is 403. The Morgan fingerprint density at radius 1 is 1.36 bits per heavy atom. The van der Waals surface area contributed by atoms with E-state index in [9.17, 15) is 0 Å². The number of aryl methyl sites for hydroxylation is 1. The molecule has 0 amide bonds. The van der Waals surface area contributed by atoms with E-state index < -0.39 is 0 Å². The minimum absolute atomic E-state index is 0.830. The first-order valence-corrected chi connectivity index (χ1v) is 4.83. The summed E-state index contributed by atoms with van der Waals surface area (Å²) in [6, 6.07) is 6.06. The maximum atomic E-state index is 5.71. The molecular formula is C12H14N2. The molecule has 0 unspecified atom stereocenters. The average molecular weight is 186 g/mol. The third-order valence-electron chi connectivity index (χ3n) is 2.49. The lowest BCUT2D eigenvalue weighted by atomic mass is 9.96. The summed E-state index contributed by atoms with van der Waals surface area (Å²) in [5.74, 6) is 0. The molecule has 72 valence electrons. The van der Waals surface area contributed by atoms with E-state index in [4.69, 9.17) is 5.73 Å². The smallest absolute Gasteiger partial charge is 0.0429 e. The second kappa shape index (κ2) is 3.66. The van der Waals surface area contributed by atoms with Gasteiger partial charge in [-0.25, -0.2) is 0 Å². The number of hydrogen-bond donors (Lipinski definition) is 1. The standard InChI is InChI=1S/C12H14N2/c1-9-8-11(13)2-3-12(9)10-4-6-14-7-5-10/h2-4,6,8H,5,7,13H2,1H3. The summed E-state index contributed by atoms with van der Waals surface area (Å²) in [5, 5.41) is 0. The van der Waals surface area contributed by atoms with E-state index in [0.29, 0.717) is 0 Å². The molecule has 0 spiro atoms. The number of anilines is 1. The summed E-state index contributed by atoms with van der Waals surface area (Å²) < 4.78 is 0. The number of rotatable bonds is 1. The quantitative estimate of drug-likeness (QED) is 0.672. The van der Waals surface area contributed by atoms with Crippen LogP contribution in [0.5, 0.6) is 0 Å². The van der Waals surface area contributed by atoms with Crippen LogP contribution in [0.1, 0.15) is 17.5 Å². The van der Waals surface area contributed by atoms with Gasteiger partial charge in [-0.15, -0.1) is 0 Å². The van der Waals surface area contributed by atoms with Gasteiger partial charge in [-0.2, -0.15) is 0 Å². The van der Waals surface area contributed by atoms with Gasteiger partial charge < -0.3 is 5.73 Å². The lowest BCUT2D eigenvalue weighted by Crippen LogP contribution is -1.97.